The molecule has 0 radical (unpaired) electrons. The van der Waals surface area contributed by atoms with E-state index >= 15 is 0 Å². The van der Waals surface area contributed by atoms with Crippen LogP contribution in [0, 0.1) is 0 Å². The van der Waals surface area contributed by atoms with Crippen molar-refractivity contribution in [3.05, 3.63) is 121 Å². The Morgan fingerprint density at radius 1 is 0.214 bits per heavy atom. The van der Waals surface area contributed by atoms with E-state index in [0.29, 0.717) is 0 Å². The third kappa shape index (κ3) is 3.39. The van der Waals surface area contributed by atoms with Crippen LogP contribution >= 0.6 is 0 Å². The van der Waals surface area contributed by atoms with E-state index in [1.165, 1.54) is 129 Å². The zero-order chi connectivity index (χ0) is 37.1. The maximum absolute atomic E-state index is 5.97. The summed E-state index contributed by atoms with van der Waals surface area (Å²) < 4.78 is 23.9. The van der Waals surface area contributed by atoms with Crippen LogP contribution in [-0.4, -0.2) is 28.4 Å². The van der Waals surface area contributed by atoms with E-state index < -0.39 is 0 Å². The molecule has 13 rings (SSSR count). The van der Waals surface area contributed by atoms with Crippen molar-refractivity contribution < 1.29 is 18.9 Å². The van der Waals surface area contributed by atoms with Gasteiger partial charge in [0.05, 0.1) is 28.4 Å². The van der Waals surface area contributed by atoms with E-state index in [0.717, 1.165) is 23.0 Å². The van der Waals surface area contributed by atoms with Gasteiger partial charge in [0.1, 0.15) is 23.0 Å². The zero-order valence-electron chi connectivity index (χ0n) is 31.2. The number of hydrogen-bond donors (Lipinski definition) is 0. The number of benzene rings is 13. The number of methoxy groups -OCH3 is 4. The summed E-state index contributed by atoms with van der Waals surface area (Å²) >= 11 is 0. The van der Waals surface area contributed by atoms with Crippen LogP contribution in [-0.2, 0) is 0 Å². The normalized spacial score (nSPS) is 12.6. The maximum atomic E-state index is 5.97. The van der Waals surface area contributed by atoms with Gasteiger partial charge in [-0.25, -0.2) is 0 Å². The predicted octanol–water partition coefficient (Wildman–Crippen LogP) is 13.9. The lowest BCUT2D eigenvalue weighted by Gasteiger charge is -2.28. The Bertz CT molecular complexity index is 3360. The second-order valence-electron chi connectivity index (χ2n) is 15.2. The van der Waals surface area contributed by atoms with Gasteiger partial charge < -0.3 is 18.9 Å². The fourth-order valence-electron chi connectivity index (χ4n) is 10.9. The molecule has 0 spiro atoms. The fraction of sp³-hybridized carbons (Fsp3) is 0.0769. The lowest BCUT2D eigenvalue weighted by atomic mass is 9.74. The average molecular weight is 721 g/mol. The predicted molar refractivity (Wildman–Crippen MR) is 236 cm³/mol. The van der Waals surface area contributed by atoms with Crippen molar-refractivity contribution in [2.45, 2.75) is 0 Å². The Morgan fingerprint density at radius 3 is 0.625 bits per heavy atom. The van der Waals surface area contributed by atoms with Gasteiger partial charge in [0.2, 0.25) is 0 Å². The van der Waals surface area contributed by atoms with Crippen molar-refractivity contribution in [2.24, 2.45) is 0 Å². The van der Waals surface area contributed by atoms with Crippen molar-refractivity contribution in [3.8, 4) is 23.0 Å². The number of fused-ring (bicyclic) bond motifs is 18. The highest BCUT2D eigenvalue weighted by Gasteiger charge is 2.31. The standard InChI is InChI=1S/C52H32O4/c1-53-25-13-17-33-37(21-25)43-29-9-5-6-10-30(29)44-39-23-27(55-3)15-19-35(39)42-36-20-16-28(56-4)24-40(36)46-32-12-8-7-11-31(32)45-38-22-26(54-2)14-18-34(38)41(33)47-49(43)50(44)48(42)52(46)51(45)47/h5-24H,1-4H3. The summed E-state index contributed by atoms with van der Waals surface area (Å²) in [5, 5.41) is 29.8. The molecule has 0 unspecified atom stereocenters. The van der Waals surface area contributed by atoms with E-state index in [4.69, 9.17) is 18.9 Å². The van der Waals surface area contributed by atoms with E-state index in [1.54, 1.807) is 28.4 Å². The van der Waals surface area contributed by atoms with E-state index in [1.807, 2.05) is 0 Å². The fourth-order valence-corrected chi connectivity index (χ4v) is 10.9. The Morgan fingerprint density at radius 2 is 0.411 bits per heavy atom. The molecule has 0 fully saturated rings. The molecule has 4 heteroatoms. The topological polar surface area (TPSA) is 36.9 Å². The lowest BCUT2D eigenvalue weighted by molar-refractivity contribution is 0.415. The molecule has 0 amide bonds. The van der Waals surface area contributed by atoms with Crippen molar-refractivity contribution >= 4 is 129 Å². The molecule has 4 nitrogen and oxygen atoms in total. The second kappa shape index (κ2) is 10.4. The zero-order valence-corrected chi connectivity index (χ0v) is 31.2. The average Bonchev–Trinajstić information content (AvgIpc) is 3.26. The second-order valence-corrected chi connectivity index (χ2v) is 15.2. The summed E-state index contributed by atoms with van der Waals surface area (Å²) in [6, 6.07) is 44.5. The van der Waals surface area contributed by atoms with Crippen molar-refractivity contribution in [1.29, 1.82) is 0 Å². The molecule has 0 N–H and O–H groups in total. The summed E-state index contributed by atoms with van der Waals surface area (Å²) in [7, 11) is 7.05. The molecule has 13 aromatic carbocycles. The molecule has 0 saturated carbocycles. The third-order valence-corrected chi connectivity index (χ3v) is 13.0. The largest absolute Gasteiger partial charge is 0.497 e. The summed E-state index contributed by atoms with van der Waals surface area (Å²) in [5.74, 6) is 3.36. The third-order valence-electron chi connectivity index (χ3n) is 13.0. The van der Waals surface area contributed by atoms with E-state index in [2.05, 4.69) is 121 Å². The van der Waals surface area contributed by atoms with E-state index in [-0.39, 0.29) is 0 Å². The molecule has 0 bridgehead atoms. The van der Waals surface area contributed by atoms with Gasteiger partial charge in [-0.2, -0.15) is 0 Å². The Kier molecular flexibility index (Phi) is 5.62. The molecule has 0 saturated heterocycles. The Labute approximate surface area is 319 Å². The summed E-state index contributed by atoms with van der Waals surface area (Å²) in [6.45, 7) is 0. The molecule has 0 aromatic heterocycles. The van der Waals surface area contributed by atoms with Gasteiger partial charge in [0.15, 0.2) is 0 Å². The van der Waals surface area contributed by atoms with Crippen LogP contribution in [0.1, 0.15) is 0 Å². The summed E-state index contributed by atoms with van der Waals surface area (Å²) in [5.41, 5.74) is 0. The van der Waals surface area contributed by atoms with Crippen LogP contribution < -0.4 is 18.9 Å². The summed E-state index contributed by atoms with van der Waals surface area (Å²) in [4.78, 5) is 0. The Hall–Kier alpha value is -7.04. The number of rotatable bonds is 4. The minimum atomic E-state index is 0.841. The van der Waals surface area contributed by atoms with Crippen molar-refractivity contribution in [2.75, 3.05) is 28.4 Å². The van der Waals surface area contributed by atoms with Gasteiger partial charge in [-0.05, 0) is 178 Å². The van der Waals surface area contributed by atoms with Gasteiger partial charge in [-0.1, -0.05) is 72.8 Å². The highest BCUT2D eigenvalue weighted by molar-refractivity contribution is 6.60. The monoisotopic (exact) mass is 720 g/mol. The van der Waals surface area contributed by atoms with Gasteiger partial charge in [-0.3, -0.25) is 0 Å². The quantitative estimate of drug-likeness (QED) is 0.134. The maximum Gasteiger partial charge on any atom is 0.119 e. The molecule has 56 heavy (non-hydrogen) atoms. The minimum absolute atomic E-state index is 0.841. The first-order valence-corrected chi connectivity index (χ1v) is 19.1. The molecule has 0 aliphatic carbocycles. The molecular weight excluding hydrogens is 689 g/mol. The first-order chi connectivity index (χ1) is 27.6. The van der Waals surface area contributed by atoms with Crippen LogP contribution in [0.5, 0.6) is 23.0 Å². The van der Waals surface area contributed by atoms with Gasteiger partial charge in [0, 0.05) is 0 Å². The highest BCUT2D eigenvalue weighted by atomic mass is 16.5. The van der Waals surface area contributed by atoms with Crippen molar-refractivity contribution in [3.63, 3.8) is 0 Å². The van der Waals surface area contributed by atoms with Crippen LogP contribution in [0.2, 0.25) is 0 Å². The molecular formula is C52H32O4. The van der Waals surface area contributed by atoms with Gasteiger partial charge >= 0.3 is 0 Å². The number of hydrogen-bond acceptors (Lipinski definition) is 4. The first-order valence-electron chi connectivity index (χ1n) is 19.1. The Balaban J connectivity index is 1.55. The molecule has 0 heterocycles. The van der Waals surface area contributed by atoms with Crippen LogP contribution in [0.15, 0.2) is 121 Å². The molecule has 13 aromatic rings. The lowest BCUT2D eigenvalue weighted by Crippen LogP contribution is -1.99. The SMILES string of the molecule is COc1ccc2c(c1)c1c3ccccc3c3c4cc(OC)ccc4c4c5ccc(OC)cc5c5c6ccccc6c6c7cc(OC)ccc7c2c2c1c3c4c5c62. The number of ether oxygens (including phenoxy) is 4. The van der Waals surface area contributed by atoms with Gasteiger partial charge in [-0.15, -0.1) is 0 Å². The minimum Gasteiger partial charge on any atom is -0.497 e. The molecule has 264 valence electrons. The van der Waals surface area contributed by atoms with Crippen LogP contribution in [0.4, 0.5) is 0 Å². The first kappa shape index (κ1) is 30.3. The van der Waals surface area contributed by atoms with Gasteiger partial charge in [0.25, 0.3) is 0 Å². The van der Waals surface area contributed by atoms with Crippen molar-refractivity contribution in [1.82, 2.24) is 0 Å². The smallest absolute Gasteiger partial charge is 0.119 e. The molecule has 0 atom stereocenters. The molecule has 0 aliphatic rings. The van der Waals surface area contributed by atoms with E-state index in [9.17, 15) is 0 Å². The summed E-state index contributed by atoms with van der Waals surface area (Å²) in [6.07, 6.45) is 0. The van der Waals surface area contributed by atoms with Crippen LogP contribution in [0.25, 0.3) is 129 Å². The van der Waals surface area contributed by atoms with Crippen LogP contribution in [0.3, 0.4) is 0 Å². The molecule has 0 aliphatic heterocycles. The highest BCUT2D eigenvalue weighted by Crippen LogP contribution is 2.60.